The second kappa shape index (κ2) is 10.8. The summed E-state index contributed by atoms with van der Waals surface area (Å²) in [6, 6.07) is 7.51. The van der Waals surface area contributed by atoms with Crippen molar-refractivity contribution < 1.29 is 19.2 Å². The number of nitrogens with one attached hydrogen (secondary N) is 4. The fraction of sp³-hybridized carbons (Fsp3) is 0.389. The van der Waals surface area contributed by atoms with Crippen LogP contribution in [0, 0.1) is 5.41 Å². The zero-order valence-electron chi connectivity index (χ0n) is 14.9. The van der Waals surface area contributed by atoms with E-state index in [1.807, 2.05) is 30.3 Å². The van der Waals surface area contributed by atoms with Crippen LogP contribution in [0.4, 0.5) is 0 Å². The largest absolute Gasteiger partial charge is 0.350 e. The summed E-state index contributed by atoms with van der Waals surface area (Å²) in [6.07, 6.45) is 0.704. The summed E-state index contributed by atoms with van der Waals surface area (Å²) in [6.45, 7) is 3.07. The van der Waals surface area contributed by atoms with Crippen molar-refractivity contribution in [2.24, 2.45) is 0 Å². The molecular weight excluding hydrogens is 336 g/mol. The predicted molar refractivity (Wildman–Crippen MR) is 96.5 cm³/mol. The van der Waals surface area contributed by atoms with Crippen LogP contribution in [0.25, 0.3) is 0 Å². The summed E-state index contributed by atoms with van der Waals surface area (Å²) in [7, 11) is 0. The van der Waals surface area contributed by atoms with Gasteiger partial charge in [0.25, 0.3) is 0 Å². The van der Waals surface area contributed by atoms with Gasteiger partial charge in [-0.25, -0.2) is 0 Å². The summed E-state index contributed by atoms with van der Waals surface area (Å²) < 4.78 is 0. The van der Waals surface area contributed by atoms with Gasteiger partial charge in [0.1, 0.15) is 12.1 Å². The highest BCUT2D eigenvalue weighted by molar-refractivity contribution is 6.26. The van der Waals surface area contributed by atoms with Gasteiger partial charge in [0.15, 0.2) is 5.78 Å². The lowest BCUT2D eigenvalue weighted by Gasteiger charge is -2.20. The quantitative estimate of drug-likeness (QED) is 0.448. The smallest absolute Gasteiger partial charge is 0.242 e. The standard InChI is InChI=1S/C18H24N4O4/c1-12(21-13(2)23)17(25)22-16(9-8-15(24)10-19)18(26)20-11-14-6-4-3-5-7-14/h3-7,10,12,16,19H,8-9,11H2,1-2H3,(H,20,26)(H,21,23)(H,22,25)/t12?,16-/m0/s1. The van der Waals surface area contributed by atoms with Crippen LogP contribution >= 0.6 is 0 Å². The molecule has 0 bridgehead atoms. The number of hydrogen-bond acceptors (Lipinski definition) is 5. The number of carbonyl (C=O) groups is 4. The third-order valence-corrected chi connectivity index (χ3v) is 3.60. The molecule has 0 saturated carbocycles. The second-order valence-electron chi connectivity index (χ2n) is 5.84. The minimum atomic E-state index is -0.939. The Balaban J connectivity index is 2.70. The number of rotatable bonds is 10. The molecular formula is C18H24N4O4. The van der Waals surface area contributed by atoms with Crippen molar-refractivity contribution in [3.63, 3.8) is 0 Å². The Kier molecular flexibility index (Phi) is 8.69. The molecule has 0 spiro atoms. The molecule has 1 rings (SSSR count). The van der Waals surface area contributed by atoms with Crippen LogP contribution < -0.4 is 16.0 Å². The van der Waals surface area contributed by atoms with Crippen LogP contribution in [0.15, 0.2) is 30.3 Å². The van der Waals surface area contributed by atoms with E-state index in [0.717, 1.165) is 5.56 Å². The van der Waals surface area contributed by atoms with Gasteiger partial charge >= 0.3 is 0 Å². The van der Waals surface area contributed by atoms with E-state index in [0.29, 0.717) is 6.21 Å². The number of benzene rings is 1. The Morgan fingerprint density at radius 1 is 1.08 bits per heavy atom. The monoisotopic (exact) mass is 360 g/mol. The molecule has 0 aliphatic heterocycles. The molecule has 0 aliphatic rings. The molecule has 140 valence electrons. The van der Waals surface area contributed by atoms with E-state index in [1.165, 1.54) is 13.8 Å². The van der Waals surface area contributed by atoms with E-state index in [4.69, 9.17) is 5.41 Å². The minimum absolute atomic E-state index is 0.0400. The van der Waals surface area contributed by atoms with Crippen molar-refractivity contribution >= 4 is 29.7 Å². The van der Waals surface area contributed by atoms with Gasteiger partial charge in [-0.2, -0.15) is 0 Å². The molecule has 0 fully saturated rings. The summed E-state index contributed by atoms with van der Waals surface area (Å²) in [5.74, 6) is -1.76. The average Bonchev–Trinajstić information content (AvgIpc) is 2.62. The Hall–Kier alpha value is -3.03. The summed E-state index contributed by atoms with van der Waals surface area (Å²) >= 11 is 0. The maximum absolute atomic E-state index is 12.4. The van der Waals surface area contributed by atoms with E-state index in [2.05, 4.69) is 16.0 Å². The van der Waals surface area contributed by atoms with Gasteiger partial charge in [-0.05, 0) is 18.9 Å². The van der Waals surface area contributed by atoms with E-state index in [9.17, 15) is 19.2 Å². The Labute approximate surface area is 152 Å². The third kappa shape index (κ3) is 7.69. The van der Waals surface area contributed by atoms with E-state index in [1.54, 1.807) is 0 Å². The van der Waals surface area contributed by atoms with Gasteiger partial charge in [-0.1, -0.05) is 30.3 Å². The number of Topliss-reactive ketones (excluding diaryl/α,β-unsaturated/α-hetero) is 1. The highest BCUT2D eigenvalue weighted by Gasteiger charge is 2.24. The van der Waals surface area contributed by atoms with Crippen LogP contribution in [0.5, 0.6) is 0 Å². The van der Waals surface area contributed by atoms with Crippen LogP contribution in [0.2, 0.25) is 0 Å². The predicted octanol–water partition coefficient (Wildman–Crippen LogP) is 0.311. The minimum Gasteiger partial charge on any atom is -0.350 e. The van der Waals surface area contributed by atoms with E-state index >= 15 is 0 Å². The highest BCUT2D eigenvalue weighted by Crippen LogP contribution is 2.02. The Morgan fingerprint density at radius 3 is 2.31 bits per heavy atom. The summed E-state index contributed by atoms with van der Waals surface area (Å²) in [5.41, 5.74) is 0.896. The van der Waals surface area contributed by atoms with Gasteiger partial charge in [0.05, 0.1) is 6.21 Å². The maximum atomic E-state index is 12.4. The first-order chi connectivity index (χ1) is 12.3. The topological polar surface area (TPSA) is 128 Å². The molecule has 8 heteroatoms. The van der Waals surface area contributed by atoms with Crippen LogP contribution in [-0.2, 0) is 25.7 Å². The fourth-order valence-electron chi connectivity index (χ4n) is 2.20. The lowest BCUT2D eigenvalue weighted by atomic mass is 10.1. The number of amides is 3. The van der Waals surface area contributed by atoms with Crippen LogP contribution in [0.1, 0.15) is 32.3 Å². The zero-order chi connectivity index (χ0) is 19.5. The van der Waals surface area contributed by atoms with Gasteiger partial charge < -0.3 is 21.4 Å². The van der Waals surface area contributed by atoms with Crippen molar-refractivity contribution in [2.45, 2.75) is 45.3 Å². The maximum Gasteiger partial charge on any atom is 0.242 e. The zero-order valence-corrected chi connectivity index (χ0v) is 14.9. The molecule has 1 aromatic rings. The van der Waals surface area contributed by atoms with Crippen LogP contribution in [-0.4, -0.2) is 41.8 Å². The highest BCUT2D eigenvalue weighted by atomic mass is 16.2. The lowest BCUT2D eigenvalue weighted by molar-refractivity contribution is -0.131. The van der Waals surface area contributed by atoms with Crippen molar-refractivity contribution in [2.75, 3.05) is 0 Å². The van der Waals surface area contributed by atoms with Gasteiger partial charge in [0, 0.05) is 19.9 Å². The normalized spacial score (nSPS) is 12.4. The fourth-order valence-corrected chi connectivity index (χ4v) is 2.20. The van der Waals surface area contributed by atoms with Crippen molar-refractivity contribution in [3.05, 3.63) is 35.9 Å². The second-order valence-corrected chi connectivity index (χ2v) is 5.84. The Bertz CT molecular complexity index is 660. The van der Waals surface area contributed by atoms with Gasteiger partial charge in [-0.15, -0.1) is 0 Å². The molecule has 0 aliphatic carbocycles. The first kappa shape index (κ1) is 21.0. The van der Waals surface area contributed by atoms with Gasteiger partial charge in [0.2, 0.25) is 17.7 Å². The molecule has 4 N–H and O–H groups in total. The molecule has 2 atom stereocenters. The number of hydrogen-bond donors (Lipinski definition) is 4. The molecule has 0 heterocycles. The molecule has 0 radical (unpaired) electrons. The van der Waals surface area contributed by atoms with Crippen molar-refractivity contribution in [1.29, 1.82) is 5.41 Å². The molecule has 0 aromatic heterocycles. The third-order valence-electron chi connectivity index (χ3n) is 3.60. The molecule has 8 nitrogen and oxygen atoms in total. The van der Waals surface area contributed by atoms with E-state index in [-0.39, 0.29) is 25.3 Å². The van der Waals surface area contributed by atoms with Crippen molar-refractivity contribution in [1.82, 2.24) is 16.0 Å². The number of carbonyl (C=O) groups excluding carboxylic acids is 4. The first-order valence-corrected chi connectivity index (χ1v) is 8.26. The Morgan fingerprint density at radius 2 is 1.73 bits per heavy atom. The summed E-state index contributed by atoms with van der Waals surface area (Å²) in [4.78, 5) is 47.0. The van der Waals surface area contributed by atoms with Gasteiger partial charge in [-0.3, -0.25) is 19.2 Å². The molecule has 1 aromatic carbocycles. The molecule has 0 saturated heterocycles. The summed E-state index contributed by atoms with van der Waals surface area (Å²) in [5, 5.41) is 14.6. The molecule has 3 amide bonds. The van der Waals surface area contributed by atoms with E-state index < -0.39 is 29.7 Å². The molecule has 26 heavy (non-hydrogen) atoms. The van der Waals surface area contributed by atoms with Crippen molar-refractivity contribution in [3.8, 4) is 0 Å². The SMILES string of the molecule is CC(=O)NC(C)C(=O)N[C@@H](CCC(=O)C=N)C(=O)NCc1ccccc1. The number of ketones is 1. The lowest BCUT2D eigenvalue weighted by Crippen LogP contribution is -2.52. The van der Waals surface area contributed by atoms with Crippen LogP contribution in [0.3, 0.4) is 0 Å². The molecule has 1 unspecified atom stereocenters. The first-order valence-electron chi connectivity index (χ1n) is 8.26. The average molecular weight is 360 g/mol.